The third kappa shape index (κ3) is 11.2. The van der Waals surface area contributed by atoms with E-state index >= 15 is 0 Å². The Balaban J connectivity index is 0.000000624. The van der Waals surface area contributed by atoms with Crippen LogP contribution in [0.25, 0.3) is 0 Å². The minimum atomic E-state index is -1.62. The minimum absolute atomic E-state index is 0.0588. The number of carbonyl (C=O) groups is 5. The predicted molar refractivity (Wildman–Crippen MR) is 139 cm³/mol. The maximum atomic E-state index is 12.1. The number of nitrogens with two attached hydrogens (primary N) is 1. The van der Waals surface area contributed by atoms with Gasteiger partial charge in [0.25, 0.3) is 5.91 Å². The topological polar surface area (TPSA) is 213 Å². The van der Waals surface area contributed by atoms with Gasteiger partial charge in [-0.05, 0) is 17.7 Å². The van der Waals surface area contributed by atoms with Crippen LogP contribution in [0.15, 0.2) is 66.0 Å². The number of rotatable bonds is 10. The number of urea groups is 1. The number of nitrogens with one attached hydrogen (secondary N) is 4. The molecule has 0 spiro atoms. The van der Waals surface area contributed by atoms with E-state index in [1.54, 1.807) is 0 Å². The summed E-state index contributed by atoms with van der Waals surface area (Å²) < 4.78 is 0. The van der Waals surface area contributed by atoms with Gasteiger partial charge in [0.05, 0.1) is 13.0 Å². The van der Waals surface area contributed by atoms with Crippen molar-refractivity contribution in [3.05, 3.63) is 77.3 Å². The molecule has 3 aromatic rings. The molecular weight excluding hydrogens is 516 g/mol. The number of carboxylic acid groups (broad SMARTS) is 2. The molecule has 1 unspecified atom stereocenters. The Hall–Kier alpha value is -4.98. The molecule has 14 heteroatoms. The van der Waals surface area contributed by atoms with E-state index < -0.39 is 48.8 Å². The van der Waals surface area contributed by atoms with Crippen molar-refractivity contribution in [3.63, 3.8) is 0 Å². The zero-order valence-corrected chi connectivity index (χ0v) is 20.7. The predicted octanol–water partition coefficient (Wildman–Crippen LogP) is 1.51. The zero-order chi connectivity index (χ0) is 27.9. The number of aromatic nitrogens is 1. The minimum Gasteiger partial charge on any atom is -0.481 e. The van der Waals surface area contributed by atoms with E-state index in [4.69, 9.17) is 15.9 Å². The quantitative estimate of drug-likeness (QED) is 0.185. The van der Waals surface area contributed by atoms with Crippen LogP contribution in [-0.2, 0) is 20.9 Å². The maximum absolute atomic E-state index is 12.1. The second-order valence-corrected chi connectivity index (χ2v) is 8.34. The van der Waals surface area contributed by atoms with Crippen LogP contribution in [0, 0.1) is 0 Å². The van der Waals surface area contributed by atoms with Crippen molar-refractivity contribution in [1.29, 1.82) is 0 Å². The van der Waals surface area contributed by atoms with Gasteiger partial charge < -0.3 is 31.9 Å². The van der Waals surface area contributed by atoms with Gasteiger partial charge in [-0.15, -0.1) is 11.3 Å². The van der Waals surface area contributed by atoms with Gasteiger partial charge in [0, 0.05) is 17.6 Å². The fourth-order valence-corrected chi connectivity index (χ4v) is 3.36. The van der Waals surface area contributed by atoms with E-state index in [-0.39, 0.29) is 10.8 Å². The molecule has 38 heavy (non-hydrogen) atoms. The summed E-state index contributed by atoms with van der Waals surface area (Å²) in [4.78, 5) is 61.2. The molecule has 1 aromatic heterocycles. The Morgan fingerprint density at radius 1 is 0.921 bits per heavy atom. The number of amides is 4. The van der Waals surface area contributed by atoms with Crippen molar-refractivity contribution in [2.45, 2.75) is 19.0 Å². The maximum Gasteiger partial charge on any atom is 0.326 e. The smallest absolute Gasteiger partial charge is 0.326 e. The van der Waals surface area contributed by atoms with E-state index in [1.165, 1.54) is 5.38 Å². The second-order valence-electron chi connectivity index (χ2n) is 7.48. The highest BCUT2D eigenvalue weighted by atomic mass is 32.1. The standard InChI is InChI=1S/C18H19N5O7S.C6H7N/c24-13(21-11(16(28)29)6-14(25)26)8-19-15(27)12-9-31-18(22-12)23-17(30)20-7-10-4-2-1-3-5-10;7-6-4-2-1-3-5-6/h1-5,9,11H,6-8H2,(H,19,27)(H,21,24)(H,25,26)(H,28,29)(H2,20,22,23,30);1-5H,7H2. The van der Waals surface area contributed by atoms with Crippen LogP contribution in [0.5, 0.6) is 0 Å². The van der Waals surface area contributed by atoms with Crippen molar-refractivity contribution in [2.75, 3.05) is 17.6 Å². The Bertz CT molecular complexity index is 1240. The molecule has 0 bridgehead atoms. The van der Waals surface area contributed by atoms with Crippen molar-refractivity contribution < 1.29 is 34.2 Å². The van der Waals surface area contributed by atoms with Gasteiger partial charge in [-0.25, -0.2) is 14.6 Å². The number of carbonyl (C=O) groups excluding carboxylic acids is 3. The lowest BCUT2D eigenvalue weighted by molar-refractivity contribution is -0.147. The summed E-state index contributed by atoms with van der Waals surface area (Å²) in [5, 5.41) is 28.4. The van der Waals surface area contributed by atoms with E-state index in [9.17, 15) is 24.0 Å². The molecule has 0 aliphatic rings. The molecule has 1 heterocycles. The van der Waals surface area contributed by atoms with Crippen LogP contribution >= 0.6 is 11.3 Å². The number of carboxylic acids is 2. The Morgan fingerprint density at radius 3 is 2.11 bits per heavy atom. The summed E-state index contributed by atoms with van der Waals surface area (Å²) in [6.07, 6.45) is -0.803. The molecule has 0 fully saturated rings. The van der Waals surface area contributed by atoms with Crippen LogP contribution in [0.1, 0.15) is 22.5 Å². The molecule has 2 aromatic carbocycles. The molecule has 13 nitrogen and oxygen atoms in total. The number of benzene rings is 2. The molecule has 0 radical (unpaired) electrons. The van der Waals surface area contributed by atoms with Crippen LogP contribution in [0.4, 0.5) is 15.6 Å². The fraction of sp³-hybridized carbons (Fsp3) is 0.167. The molecule has 200 valence electrons. The number of para-hydroxylation sites is 1. The molecule has 1 atom stereocenters. The number of nitrogens with zero attached hydrogens (tertiary/aromatic N) is 1. The third-order valence-electron chi connectivity index (χ3n) is 4.47. The molecule has 8 N–H and O–H groups in total. The highest BCUT2D eigenvalue weighted by molar-refractivity contribution is 7.14. The van der Waals surface area contributed by atoms with E-state index in [2.05, 4.69) is 20.9 Å². The van der Waals surface area contributed by atoms with Crippen LogP contribution < -0.4 is 27.0 Å². The molecule has 0 saturated carbocycles. The van der Waals surface area contributed by atoms with E-state index in [0.29, 0.717) is 6.54 Å². The lowest BCUT2D eigenvalue weighted by atomic mass is 10.2. The van der Waals surface area contributed by atoms with Gasteiger partial charge in [-0.3, -0.25) is 19.7 Å². The van der Waals surface area contributed by atoms with Crippen molar-refractivity contribution in [3.8, 4) is 0 Å². The highest BCUT2D eigenvalue weighted by Gasteiger charge is 2.23. The first-order valence-electron chi connectivity index (χ1n) is 11.0. The van der Waals surface area contributed by atoms with Crippen LogP contribution in [0.3, 0.4) is 0 Å². The Kier molecular flexibility index (Phi) is 11.7. The largest absolute Gasteiger partial charge is 0.481 e. The van der Waals surface area contributed by atoms with Crippen LogP contribution in [0.2, 0.25) is 0 Å². The van der Waals surface area contributed by atoms with Gasteiger partial charge in [0.2, 0.25) is 5.91 Å². The molecular formula is C24H26N6O7S. The number of hydrogen-bond acceptors (Lipinski definition) is 8. The summed E-state index contributed by atoms with van der Waals surface area (Å²) >= 11 is 0.996. The highest BCUT2D eigenvalue weighted by Crippen LogP contribution is 2.15. The van der Waals surface area contributed by atoms with Crippen molar-refractivity contribution in [2.24, 2.45) is 0 Å². The Morgan fingerprint density at radius 2 is 1.55 bits per heavy atom. The van der Waals surface area contributed by atoms with Crippen molar-refractivity contribution >= 4 is 51.9 Å². The van der Waals surface area contributed by atoms with Crippen molar-refractivity contribution in [1.82, 2.24) is 20.9 Å². The van der Waals surface area contributed by atoms with Gasteiger partial charge in [0.1, 0.15) is 11.7 Å². The third-order valence-corrected chi connectivity index (χ3v) is 5.23. The average molecular weight is 543 g/mol. The zero-order valence-electron chi connectivity index (χ0n) is 19.9. The molecule has 0 aliphatic heterocycles. The molecule has 4 amide bonds. The summed E-state index contributed by atoms with van der Waals surface area (Å²) in [5.74, 6) is -4.51. The summed E-state index contributed by atoms with van der Waals surface area (Å²) in [7, 11) is 0. The number of anilines is 2. The lowest BCUT2D eigenvalue weighted by Crippen LogP contribution is -2.46. The van der Waals surface area contributed by atoms with E-state index in [1.807, 2.05) is 66.0 Å². The summed E-state index contributed by atoms with van der Waals surface area (Å²) in [6, 6.07) is 16.6. The van der Waals surface area contributed by atoms with Gasteiger partial charge in [-0.1, -0.05) is 48.5 Å². The first-order valence-corrected chi connectivity index (χ1v) is 11.9. The molecule has 0 saturated heterocycles. The lowest BCUT2D eigenvalue weighted by Gasteiger charge is -2.12. The number of nitrogen functional groups attached to an aromatic ring is 1. The molecule has 0 aliphatic carbocycles. The van der Waals surface area contributed by atoms with Gasteiger partial charge in [-0.2, -0.15) is 0 Å². The summed E-state index contributed by atoms with van der Waals surface area (Å²) in [5.41, 5.74) is 7.03. The average Bonchev–Trinajstić information content (AvgIpc) is 3.35. The van der Waals surface area contributed by atoms with Gasteiger partial charge in [0.15, 0.2) is 5.13 Å². The number of hydrogen-bond donors (Lipinski definition) is 7. The van der Waals surface area contributed by atoms with Crippen LogP contribution in [-0.4, -0.2) is 57.6 Å². The number of thiazole rings is 1. The fourth-order valence-electron chi connectivity index (χ4n) is 2.68. The second kappa shape index (κ2) is 15.2. The number of aliphatic carboxylic acids is 2. The SMILES string of the molecule is Nc1ccccc1.O=C(O)CC(NC(=O)CNC(=O)c1csc(NC(=O)NCc2ccccc2)n1)C(=O)O. The molecule has 3 rings (SSSR count). The normalized spacial score (nSPS) is 10.6. The first kappa shape index (κ1) is 29.3. The van der Waals surface area contributed by atoms with E-state index in [0.717, 1.165) is 22.6 Å². The Labute approximate surface area is 221 Å². The van der Waals surface area contributed by atoms with Gasteiger partial charge >= 0.3 is 18.0 Å². The summed E-state index contributed by atoms with van der Waals surface area (Å²) in [6.45, 7) is -0.278. The first-order chi connectivity index (χ1) is 18.1. The monoisotopic (exact) mass is 542 g/mol.